The summed E-state index contributed by atoms with van der Waals surface area (Å²) in [5, 5.41) is 3.28. The first-order chi connectivity index (χ1) is 11.4. The molecular formula is C16H24ClN3O3S. The number of halogens is 1. The largest absolute Gasteiger partial charge is 0.324 e. The second kappa shape index (κ2) is 8.80. The van der Waals surface area contributed by atoms with E-state index in [1.165, 1.54) is 4.31 Å². The number of hydrogen-bond acceptors (Lipinski definition) is 4. The van der Waals surface area contributed by atoms with Crippen LogP contribution in [0, 0.1) is 0 Å². The second-order valence-electron chi connectivity index (χ2n) is 5.87. The van der Waals surface area contributed by atoms with Crippen LogP contribution >= 0.6 is 11.6 Å². The normalized spacial score (nSPS) is 16.9. The Bertz CT molecular complexity index is 658. The van der Waals surface area contributed by atoms with Crippen LogP contribution in [0.2, 0.25) is 5.02 Å². The Hall–Kier alpha value is -1.15. The van der Waals surface area contributed by atoms with E-state index >= 15 is 0 Å². The van der Waals surface area contributed by atoms with E-state index in [4.69, 9.17) is 11.6 Å². The number of hydrogen-bond donors (Lipinski definition) is 1. The molecule has 0 spiro atoms. The van der Waals surface area contributed by atoms with Gasteiger partial charge in [-0.15, -0.1) is 0 Å². The molecule has 1 fully saturated rings. The summed E-state index contributed by atoms with van der Waals surface area (Å²) in [6, 6.07) is 7.08. The average molecular weight is 374 g/mol. The van der Waals surface area contributed by atoms with Gasteiger partial charge in [-0.25, -0.2) is 8.42 Å². The molecule has 1 N–H and O–H groups in total. The van der Waals surface area contributed by atoms with Crippen molar-refractivity contribution in [2.45, 2.75) is 19.8 Å². The van der Waals surface area contributed by atoms with Gasteiger partial charge in [0.15, 0.2) is 0 Å². The maximum absolute atomic E-state index is 12.2. The number of rotatable bonds is 7. The Balaban J connectivity index is 1.80. The third kappa shape index (κ3) is 5.44. The number of carbonyl (C=O) groups is 1. The van der Waals surface area contributed by atoms with Crippen molar-refractivity contribution in [3.05, 3.63) is 29.3 Å². The van der Waals surface area contributed by atoms with Crippen LogP contribution in [0.3, 0.4) is 0 Å². The van der Waals surface area contributed by atoms with Crippen LogP contribution < -0.4 is 5.32 Å². The van der Waals surface area contributed by atoms with Gasteiger partial charge in [-0.05, 0) is 18.6 Å². The molecule has 1 aliphatic heterocycles. The molecule has 1 aromatic rings. The fraction of sp³-hybridized carbons (Fsp3) is 0.562. The molecule has 1 heterocycles. The van der Waals surface area contributed by atoms with Gasteiger partial charge in [0.1, 0.15) is 0 Å². The van der Waals surface area contributed by atoms with Crippen LogP contribution in [-0.4, -0.2) is 62.0 Å². The number of sulfonamides is 1. The van der Waals surface area contributed by atoms with E-state index in [9.17, 15) is 13.2 Å². The third-order valence-electron chi connectivity index (χ3n) is 4.00. The van der Waals surface area contributed by atoms with Crippen LogP contribution in [0.4, 0.5) is 5.69 Å². The molecule has 0 aliphatic carbocycles. The quantitative estimate of drug-likeness (QED) is 0.793. The Labute approximate surface area is 148 Å². The van der Waals surface area contributed by atoms with E-state index in [-0.39, 0.29) is 18.2 Å². The highest BCUT2D eigenvalue weighted by molar-refractivity contribution is 7.89. The number of benzene rings is 1. The fourth-order valence-corrected chi connectivity index (χ4v) is 4.39. The van der Waals surface area contributed by atoms with Crippen molar-refractivity contribution in [2.24, 2.45) is 0 Å². The predicted molar refractivity (Wildman–Crippen MR) is 96.8 cm³/mol. The van der Waals surface area contributed by atoms with Crippen LogP contribution in [-0.2, 0) is 14.8 Å². The van der Waals surface area contributed by atoms with E-state index in [0.29, 0.717) is 43.3 Å². The van der Waals surface area contributed by atoms with E-state index in [1.54, 1.807) is 24.3 Å². The predicted octanol–water partition coefficient (Wildman–Crippen LogP) is 2.03. The molecule has 0 unspecified atom stereocenters. The minimum absolute atomic E-state index is 0.148. The zero-order valence-electron chi connectivity index (χ0n) is 13.9. The fourth-order valence-electron chi connectivity index (χ4n) is 2.58. The van der Waals surface area contributed by atoms with Crippen molar-refractivity contribution in [2.75, 3.05) is 43.8 Å². The number of piperazine rings is 1. The summed E-state index contributed by atoms with van der Waals surface area (Å²) in [7, 11) is -3.16. The van der Waals surface area contributed by atoms with Crippen molar-refractivity contribution >= 4 is 33.2 Å². The molecule has 134 valence electrons. The summed E-state index contributed by atoms with van der Waals surface area (Å²) in [6.07, 6.45) is 1.55. The summed E-state index contributed by atoms with van der Waals surface area (Å²) in [5.74, 6) is 0.0571. The molecule has 0 radical (unpaired) electrons. The van der Waals surface area contributed by atoms with Gasteiger partial charge in [0, 0.05) is 26.2 Å². The van der Waals surface area contributed by atoms with Gasteiger partial charge in [-0.3, -0.25) is 9.69 Å². The summed E-state index contributed by atoms with van der Waals surface area (Å²) in [6.45, 7) is 4.19. The van der Waals surface area contributed by atoms with Gasteiger partial charge in [-0.1, -0.05) is 37.1 Å². The van der Waals surface area contributed by atoms with Crippen LogP contribution in [0.15, 0.2) is 24.3 Å². The van der Waals surface area contributed by atoms with Crippen molar-refractivity contribution in [1.82, 2.24) is 9.21 Å². The van der Waals surface area contributed by atoms with E-state index in [1.807, 2.05) is 11.8 Å². The third-order valence-corrected chi connectivity index (χ3v) is 6.28. The first-order valence-corrected chi connectivity index (χ1v) is 10.2. The zero-order valence-corrected chi connectivity index (χ0v) is 15.4. The van der Waals surface area contributed by atoms with Crippen LogP contribution in [0.5, 0.6) is 0 Å². The van der Waals surface area contributed by atoms with E-state index in [0.717, 1.165) is 6.42 Å². The first kappa shape index (κ1) is 19.2. The highest BCUT2D eigenvalue weighted by Crippen LogP contribution is 2.20. The SMILES string of the molecule is CCCCS(=O)(=O)N1CCN(CC(=O)Nc2ccccc2Cl)CC1. The maximum atomic E-state index is 12.2. The lowest BCUT2D eigenvalue weighted by Gasteiger charge is -2.33. The Morgan fingerprint density at radius 2 is 1.88 bits per heavy atom. The molecule has 0 aromatic heterocycles. The lowest BCUT2D eigenvalue weighted by atomic mass is 10.3. The number of amides is 1. The number of unbranched alkanes of at least 4 members (excludes halogenated alkanes) is 1. The Morgan fingerprint density at radius 3 is 2.50 bits per heavy atom. The Morgan fingerprint density at radius 1 is 1.21 bits per heavy atom. The summed E-state index contributed by atoms with van der Waals surface area (Å²) in [4.78, 5) is 14.1. The first-order valence-electron chi connectivity index (χ1n) is 8.17. The summed E-state index contributed by atoms with van der Waals surface area (Å²) >= 11 is 6.02. The summed E-state index contributed by atoms with van der Waals surface area (Å²) < 4.78 is 25.9. The molecule has 8 heteroatoms. The monoisotopic (exact) mass is 373 g/mol. The van der Waals surface area contributed by atoms with E-state index in [2.05, 4.69) is 5.32 Å². The molecule has 1 amide bonds. The average Bonchev–Trinajstić information content (AvgIpc) is 2.55. The molecule has 2 rings (SSSR count). The van der Waals surface area contributed by atoms with Crippen molar-refractivity contribution < 1.29 is 13.2 Å². The van der Waals surface area contributed by atoms with Gasteiger partial charge >= 0.3 is 0 Å². The van der Waals surface area contributed by atoms with Gasteiger partial charge in [0.2, 0.25) is 15.9 Å². The van der Waals surface area contributed by atoms with Gasteiger partial charge in [0.05, 0.1) is 23.0 Å². The minimum Gasteiger partial charge on any atom is -0.324 e. The molecule has 1 aromatic carbocycles. The molecule has 6 nitrogen and oxygen atoms in total. The molecule has 1 saturated heterocycles. The van der Waals surface area contributed by atoms with Crippen molar-refractivity contribution in [3.63, 3.8) is 0 Å². The standard InChI is InChI=1S/C16H24ClN3O3S/c1-2-3-12-24(22,23)20-10-8-19(9-11-20)13-16(21)18-15-7-5-4-6-14(15)17/h4-7H,2-3,8-13H2,1H3,(H,18,21). The maximum Gasteiger partial charge on any atom is 0.238 e. The molecule has 0 saturated carbocycles. The molecular weight excluding hydrogens is 350 g/mol. The zero-order chi connectivity index (χ0) is 17.6. The Kier molecular flexibility index (Phi) is 7.03. The highest BCUT2D eigenvalue weighted by Gasteiger charge is 2.27. The van der Waals surface area contributed by atoms with Gasteiger partial charge in [0.25, 0.3) is 0 Å². The second-order valence-corrected chi connectivity index (χ2v) is 8.37. The molecule has 0 bridgehead atoms. The highest BCUT2D eigenvalue weighted by atomic mass is 35.5. The topological polar surface area (TPSA) is 69.7 Å². The number of carbonyl (C=O) groups excluding carboxylic acids is 1. The number of para-hydroxylation sites is 1. The summed E-state index contributed by atoms with van der Waals surface area (Å²) in [5.41, 5.74) is 0.588. The number of nitrogens with one attached hydrogen (secondary N) is 1. The van der Waals surface area contributed by atoms with Crippen molar-refractivity contribution in [3.8, 4) is 0 Å². The smallest absolute Gasteiger partial charge is 0.238 e. The lowest BCUT2D eigenvalue weighted by Crippen LogP contribution is -2.50. The van der Waals surface area contributed by atoms with Gasteiger partial charge in [-0.2, -0.15) is 4.31 Å². The van der Waals surface area contributed by atoms with E-state index < -0.39 is 10.0 Å². The minimum atomic E-state index is -3.16. The van der Waals surface area contributed by atoms with Crippen LogP contribution in [0.1, 0.15) is 19.8 Å². The molecule has 0 atom stereocenters. The van der Waals surface area contributed by atoms with Gasteiger partial charge < -0.3 is 5.32 Å². The van der Waals surface area contributed by atoms with Crippen molar-refractivity contribution in [1.29, 1.82) is 0 Å². The number of anilines is 1. The molecule has 1 aliphatic rings. The number of nitrogens with zero attached hydrogens (tertiary/aromatic N) is 2. The molecule has 24 heavy (non-hydrogen) atoms. The van der Waals surface area contributed by atoms with Crippen LogP contribution in [0.25, 0.3) is 0 Å². The lowest BCUT2D eigenvalue weighted by molar-refractivity contribution is -0.117.